The van der Waals surface area contributed by atoms with E-state index in [9.17, 15) is 14.7 Å². The Morgan fingerprint density at radius 1 is 1.27 bits per heavy atom. The molecule has 1 aliphatic rings. The second-order valence-corrected chi connectivity index (χ2v) is 8.08. The summed E-state index contributed by atoms with van der Waals surface area (Å²) in [7, 11) is 1.49. The molecule has 3 aromatic rings. The van der Waals surface area contributed by atoms with Crippen molar-refractivity contribution in [1.82, 2.24) is 9.88 Å². The Bertz CT molecular complexity index is 1130. The van der Waals surface area contributed by atoms with Crippen LogP contribution in [0.15, 0.2) is 65.8 Å². The van der Waals surface area contributed by atoms with Gasteiger partial charge in [-0.25, -0.2) is 0 Å². The third kappa shape index (κ3) is 3.58. The summed E-state index contributed by atoms with van der Waals surface area (Å²) in [5.74, 6) is -1.33. The first kappa shape index (κ1) is 20.1. The lowest BCUT2D eigenvalue weighted by Crippen LogP contribution is -2.28. The molecule has 1 N–H and O–H groups in total. The van der Waals surface area contributed by atoms with Crippen LogP contribution in [0.5, 0.6) is 5.75 Å². The van der Waals surface area contributed by atoms with Crippen molar-refractivity contribution in [2.24, 2.45) is 0 Å². The quantitative estimate of drug-likeness (QED) is 0.360. The Kier molecular flexibility index (Phi) is 5.57. The number of amides is 1. The van der Waals surface area contributed by atoms with E-state index < -0.39 is 17.7 Å². The molecular formula is C22H17ClN2O4S. The number of methoxy groups -OCH3 is 1. The van der Waals surface area contributed by atoms with Gasteiger partial charge in [-0.15, -0.1) is 11.3 Å². The Labute approximate surface area is 182 Å². The van der Waals surface area contributed by atoms with Gasteiger partial charge in [0.1, 0.15) is 11.5 Å². The van der Waals surface area contributed by atoms with Crippen molar-refractivity contribution < 1.29 is 19.4 Å². The molecule has 1 saturated heterocycles. The van der Waals surface area contributed by atoms with Crippen molar-refractivity contribution in [1.29, 1.82) is 0 Å². The average Bonchev–Trinajstić information content (AvgIpc) is 3.36. The number of likely N-dealkylation sites (tertiary alicyclic amines) is 1. The number of thiophene rings is 1. The molecule has 1 aliphatic heterocycles. The van der Waals surface area contributed by atoms with Crippen molar-refractivity contribution in [3.05, 3.63) is 86.8 Å². The molecule has 1 aromatic carbocycles. The molecule has 0 saturated carbocycles. The maximum Gasteiger partial charge on any atom is 0.295 e. The Morgan fingerprint density at radius 3 is 2.77 bits per heavy atom. The summed E-state index contributed by atoms with van der Waals surface area (Å²) in [4.78, 5) is 32.4. The number of carbonyl (C=O) groups is 2. The number of hydrogen-bond donors (Lipinski definition) is 1. The van der Waals surface area contributed by atoms with Crippen LogP contribution in [-0.4, -0.2) is 33.8 Å². The van der Waals surface area contributed by atoms with Crippen LogP contribution >= 0.6 is 22.9 Å². The fraction of sp³-hybridized carbons (Fsp3) is 0.136. The molecular weight excluding hydrogens is 424 g/mol. The summed E-state index contributed by atoms with van der Waals surface area (Å²) >= 11 is 7.77. The summed E-state index contributed by atoms with van der Waals surface area (Å²) in [6, 6.07) is 11.2. The van der Waals surface area contributed by atoms with E-state index in [4.69, 9.17) is 16.3 Å². The molecule has 1 fully saturated rings. The normalized spacial score (nSPS) is 18.1. The number of pyridine rings is 1. The molecule has 152 valence electrons. The number of rotatable bonds is 5. The van der Waals surface area contributed by atoms with Crippen LogP contribution in [0.3, 0.4) is 0 Å². The minimum Gasteiger partial charge on any atom is -0.507 e. The summed E-state index contributed by atoms with van der Waals surface area (Å²) in [5.41, 5.74) is 0.813. The van der Waals surface area contributed by atoms with Crippen LogP contribution in [0.2, 0.25) is 5.02 Å². The van der Waals surface area contributed by atoms with Crippen LogP contribution in [-0.2, 0) is 16.1 Å². The van der Waals surface area contributed by atoms with E-state index in [2.05, 4.69) is 4.98 Å². The lowest BCUT2D eigenvalue weighted by atomic mass is 9.96. The summed E-state index contributed by atoms with van der Waals surface area (Å²) in [6.07, 6.45) is 3.19. The number of nitrogens with zero attached hydrogens (tertiary/aromatic N) is 2. The lowest BCUT2D eigenvalue weighted by molar-refractivity contribution is -0.140. The van der Waals surface area contributed by atoms with Gasteiger partial charge in [-0.3, -0.25) is 14.6 Å². The van der Waals surface area contributed by atoms with E-state index >= 15 is 0 Å². The maximum absolute atomic E-state index is 13.0. The third-order valence-corrected chi connectivity index (χ3v) is 6.07. The van der Waals surface area contributed by atoms with E-state index in [0.717, 1.165) is 4.88 Å². The summed E-state index contributed by atoms with van der Waals surface area (Å²) < 4.78 is 5.21. The number of benzene rings is 1. The summed E-state index contributed by atoms with van der Waals surface area (Å²) in [5, 5.41) is 13.2. The molecule has 8 heteroatoms. The number of hydrogen-bond acceptors (Lipinski definition) is 6. The molecule has 2 aromatic heterocycles. The Balaban J connectivity index is 1.89. The van der Waals surface area contributed by atoms with E-state index in [1.165, 1.54) is 29.4 Å². The predicted octanol–water partition coefficient (Wildman–Crippen LogP) is 4.43. The van der Waals surface area contributed by atoms with Crippen LogP contribution in [0, 0.1) is 0 Å². The molecule has 1 atom stereocenters. The second-order valence-electron chi connectivity index (χ2n) is 6.64. The molecule has 1 amide bonds. The number of ether oxygens (including phenoxy) is 1. The van der Waals surface area contributed by atoms with Crippen molar-refractivity contribution in [2.75, 3.05) is 7.11 Å². The maximum atomic E-state index is 13.0. The van der Waals surface area contributed by atoms with E-state index in [0.29, 0.717) is 11.3 Å². The van der Waals surface area contributed by atoms with Crippen molar-refractivity contribution >= 4 is 40.4 Å². The van der Waals surface area contributed by atoms with Gasteiger partial charge < -0.3 is 14.7 Å². The first-order valence-corrected chi connectivity index (χ1v) is 10.3. The van der Waals surface area contributed by atoms with Crippen molar-refractivity contribution in [2.45, 2.75) is 12.6 Å². The van der Waals surface area contributed by atoms with Crippen LogP contribution in [0.25, 0.3) is 5.76 Å². The van der Waals surface area contributed by atoms with E-state index in [1.807, 2.05) is 17.5 Å². The molecule has 4 rings (SSSR count). The molecule has 6 nitrogen and oxygen atoms in total. The Morgan fingerprint density at radius 2 is 2.10 bits per heavy atom. The number of halogens is 1. The number of ketones is 1. The number of Topliss-reactive ketones (excluding diaryl/α,β-unsaturated/α-hetero) is 1. The molecule has 1 unspecified atom stereocenters. The fourth-order valence-electron chi connectivity index (χ4n) is 3.46. The highest BCUT2D eigenvalue weighted by Gasteiger charge is 2.46. The highest BCUT2D eigenvalue weighted by Crippen LogP contribution is 2.41. The van der Waals surface area contributed by atoms with Gasteiger partial charge in [-0.05, 0) is 41.3 Å². The number of carbonyl (C=O) groups excluding carboxylic acids is 2. The lowest BCUT2D eigenvalue weighted by Gasteiger charge is -2.24. The highest BCUT2D eigenvalue weighted by atomic mass is 35.5. The number of aromatic nitrogens is 1. The van der Waals surface area contributed by atoms with Gasteiger partial charge in [0.2, 0.25) is 0 Å². The standard InChI is InChI=1S/C22H17ClN2O4S/c1-29-14-6-7-17(23)16(10-14)20(26)18-19(13-4-2-8-24-11-13)25(22(28)21(18)27)12-15-5-3-9-30-15/h2-11,19,26H,12H2,1H3/b20-18+. The monoisotopic (exact) mass is 440 g/mol. The van der Waals surface area contributed by atoms with E-state index in [-0.39, 0.29) is 28.5 Å². The number of aliphatic hydroxyl groups excluding tert-OH is 1. The number of aliphatic hydroxyl groups is 1. The predicted molar refractivity (Wildman–Crippen MR) is 114 cm³/mol. The van der Waals surface area contributed by atoms with E-state index in [1.54, 1.807) is 36.7 Å². The first-order chi connectivity index (χ1) is 14.5. The van der Waals surface area contributed by atoms with Crippen LogP contribution in [0.4, 0.5) is 0 Å². The highest BCUT2D eigenvalue weighted by molar-refractivity contribution is 7.09. The molecule has 0 spiro atoms. The Hall–Kier alpha value is -3.16. The average molecular weight is 441 g/mol. The summed E-state index contributed by atoms with van der Waals surface area (Å²) in [6.45, 7) is 0.240. The smallest absolute Gasteiger partial charge is 0.295 e. The van der Waals surface area contributed by atoms with Gasteiger partial charge in [-0.2, -0.15) is 0 Å². The fourth-order valence-corrected chi connectivity index (χ4v) is 4.37. The van der Waals surface area contributed by atoms with Gasteiger partial charge in [0, 0.05) is 22.8 Å². The largest absolute Gasteiger partial charge is 0.507 e. The van der Waals surface area contributed by atoms with Gasteiger partial charge in [-0.1, -0.05) is 23.7 Å². The van der Waals surface area contributed by atoms with Gasteiger partial charge in [0.25, 0.3) is 11.7 Å². The molecule has 0 bridgehead atoms. The third-order valence-electron chi connectivity index (χ3n) is 4.88. The topological polar surface area (TPSA) is 79.7 Å². The minimum atomic E-state index is -0.789. The van der Waals surface area contributed by atoms with Crippen molar-refractivity contribution in [3.8, 4) is 5.75 Å². The second kappa shape index (κ2) is 8.30. The molecule has 30 heavy (non-hydrogen) atoms. The van der Waals surface area contributed by atoms with Gasteiger partial charge in [0.05, 0.1) is 30.3 Å². The molecule has 0 radical (unpaired) electrons. The zero-order chi connectivity index (χ0) is 21.3. The zero-order valence-electron chi connectivity index (χ0n) is 15.9. The van der Waals surface area contributed by atoms with Gasteiger partial charge >= 0.3 is 0 Å². The molecule has 0 aliphatic carbocycles. The van der Waals surface area contributed by atoms with Crippen LogP contribution < -0.4 is 4.74 Å². The SMILES string of the molecule is COc1ccc(Cl)c(/C(O)=C2\C(=O)C(=O)N(Cc3cccs3)C2c2cccnc2)c1. The van der Waals surface area contributed by atoms with Gasteiger partial charge in [0.15, 0.2) is 0 Å². The van der Waals surface area contributed by atoms with Crippen LogP contribution in [0.1, 0.15) is 22.0 Å². The minimum absolute atomic E-state index is 0.0280. The van der Waals surface area contributed by atoms with Crippen molar-refractivity contribution in [3.63, 3.8) is 0 Å². The zero-order valence-corrected chi connectivity index (χ0v) is 17.5. The first-order valence-electron chi connectivity index (χ1n) is 9.06. The molecule has 3 heterocycles.